The van der Waals surface area contributed by atoms with Crippen LogP contribution in [0, 0.1) is 0 Å². The molecule has 3 N–H and O–H groups in total. The molecule has 78 valence electrons. The molecule has 3 heteroatoms. The van der Waals surface area contributed by atoms with Crippen LogP contribution in [0.2, 0.25) is 0 Å². The Morgan fingerprint density at radius 2 is 2.14 bits per heavy atom. The van der Waals surface area contributed by atoms with Crippen LogP contribution in [0.25, 0.3) is 0 Å². The maximum absolute atomic E-state index is 5.88. The molecule has 14 heavy (non-hydrogen) atoms. The predicted molar refractivity (Wildman–Crippen MR) is 57.2 cm³/mol. The van der Waals surface area contributed by atoms with Crippen molar-refractivity contribution in [3.05, 3.63) is 17.7 Å². The van der Waals surface area contributed by atoms with Crippen LogP contribution in [0.1, 0.15) is 50.0 Å². The highest BCUT2D eigenvalue weighted by Gasteiger charge is 2.21. The molecule has 0 saturated heterocycles. The molecule has 0 aromatic carbocycles. The van der Waals surface area contributed by atoms with Crippen LogP contribution >= 0.6 is 0 Å². The first-order valence-electron chi connectivity index (χ1n) is 5.59. The molecular formula is C11H19N3. The number of H-pyrrole nitrogens is 1. The van der Waals surface area contributed by atoms with E-state index in [1.807, 2.05) is 6.20 Å². The molecule has 0 spiro atoms. The molecule has 1 heterocycles. The standard InChI is InChI=1S/C11H19N3/c1-2-10-7-13-11(14-10)8-3-5-9(12)6-4-8/h7-9H,2-6,12H2,1H3,(H,13,14). The Bertz CT molecular complexity index is 284. The van der Waals surface area contributed by atoms with Gasteiger partial charge < -0.3 is 10.7 Å². The van der Waals surface area contributed by atoms with Crippen LogP contribution in [-0.2, 0) is 6.42 Å². The highest BCUT2D eigenvalue weighted by atomic mass is 14.9. The monoisotopic (exact) mass is 193 g/mol. The molecular weight excluding hydrogens is 174 g/mol. The Morgan fingerprint density at radius 3 is 2.71 bits per heavy atom. The lowest BCUT2D eigenvalue weighted by Gasteiger charge is -2.24. The van der Waals surface area contributed by atoms with E-state index in [0.717, 1.165) is 19.3 Å². The lowest BCUT2D eigenvalue weighted by atomic mass is 9.86. The fraction of sp³-hybridized carbons (Fsp3) is 0.727. The van der Waals surface area contributed by atoms with Crippen molar-refractivity contribution in [3.8, 4) is 0 Å². The van der Waals surface area contributed by atoms with Crippen molar-refractivity contribution in [1.82, 2.24) is 9.97 Å². The number of hydrogen-bond donors (Lipinski definition) is 2. The molecule has 0 amide bonds. The van der Waals surface area contributed by atoms with E-state index in [1.54, 1.807) is 0 Å². The third kappa shape index (κ3) is 1.98. The number of imidazole rings is 1. The minimum Gasteiger partial charge on any atom is -0.346 e. The molecule has 0 aliphatic heterocycles. The summed E-state index contributed by atoms with van der Waals surface area (Å²) < 4.78 is 0. The van der Waals surface area contributed by atoms with E-state index >= 15 is 0 Å². The van der Waals surface area contributed by atoms with Crippen molar-refractivity contribution in [1.29, 1.82) is 0 Å². The quantitative estimate of drug-likeness (QED) is 0.754. The summed E-state index contributed by atoms with van der Waals surface area (Å²) in [5.41, 5.74) is 7.12. The Balaban J connectivity index is 2.01. The molecule has 1 saturated carbocycles. The molecule has 0 radical (unpaired) electrons. The van der Waals surface area contributed by atoms with Crippen molar-refractivity contribution in [2.75, 3.05) is 0 Å². The lowest BCUT2D eigenvalue weighted by molar-refractivity contribution is 0.386. The number of nitrogens with one attached hydrogen (secondary N) is 1. The van der Waals surface area contributed by atoms with Gasteiger partial charge in [-0.2, -0.15) is 0 Å². The fourth-order valence-electron chi connectivity index (χ4n) is 2.16. The van der Waals surface area contributed by atoms with Crippen LogP contribution in [0.3, 0.4) is 0 Å². The Kier molecular flexibility index (Phi) is 2.87. The number of aromatic nitrogens is 2. The van der Waals surface area contributed by atoms with Crippen LogP contribution < -0.4 is 5.73 Å². The number of hydrogen-bond acceptors (Lipinski definition) is 2. The van der Waals surface area contributed by atoms with Gasteiger partial charge in [0, 0.05) is 23.9 Å². The van der Waals surface area contributed by atoms with E-state index in [2.05, 4.69) is 16.9 Å². The summed E-state index contributed by atoms with van der Waals surface area (Å²) in [5, 5.41) is 0. The topological polar surface area (TPSA) is 54.7 Å². The lowest BCUT2D eigenvalue weighted by Crippen LogP contribution is -2.26. The average Bonchev–Trinajstić information content (AvgIpc) is 2.67. The van der Waals surface area contributed by atoms with Gasteiger partial charge in [0.25, 0.3) is 0 Å². The summed E-state index contributed by atoms with van der Waals surface area (Å²) in [7, 11) is 0. The van der Waals surface area contributed by atoms with E-state index in [-0.39, 0.29) is 0 Å². The number of nitrogens with zero attached hydrogens (tertiary/aromatic N) is 1. The van der Waals surface area contributed by atoms with Gasteiger partial charge in [-0.05, 0) is 32.1 Å². The van der Waals surface area contributed by atoms with E-state index in [4.69, 9.17) is 5.73 Å². The number of nitrogens with two attached hydrogens (primary N) is 1. The number of aryl methyl sites for hydroxylation is 1. The first-order valence-corrected chi connectivity index (χ1v) is 5.59. The van der Waals surface area contributed by atoms with Gasteiger partial charge in [0.15, 0.2) is 0 Å². The van der Waals surface area contributed by atoms with Crippen molar-refractivity contribution < 1.29 is 0 Å². The molecule has 1 aliphatic carbocycles. The van der Waals surface area contributed by atoms with Gasteiger partial charge in [-0.3, -0.25) is 0 Å². The molecule has 0 atom stereocenters. The van der Waals surface area contributed by atoms with E-state index in [0.29, 0.717) is 12.0 Å². The normalized spacial score (nSPS) is 27.9. The highest BCUT2D eigenvalue weighted by molar-refractivity contribution is 5.06. The molecule has 0 bridgehead atoms. The van der Waals surface area contributed by atoms with E-state index < -0.39 is 0 Å². The minimum atomic E-state index is 0.423. The maximum atomic E-state index is 5.88. The Labute approximate surface area is 85.1 Å². The number of aromatic amines is 1. The Morgan fingerprint density at radius 1 is 1.43 bits per heavy atom. The second kappa shape index (κ2) is 4.13. The summed E-state index contributed by atoms with van der Waals surface area (Å²) in [6.07, 6.45) is 7.68. The zero-order valence-electron chi connectivity index (χ0n) is 8.79. The molecule has 1 aliphatic rings. The van der Waals surface area contributed by atoms with Gasteiger partial charge in [0.2, 0.25) is 0 Å². The first kappa shape index (κ1) is 9.71. The van der Waals surface area contributed by atoms with Crippen molar-refractivity contribution in [2.45, 2.75) is 51.0 Å². The number of rotatable bonds is 2. The van der Waals surface area contributed by atoms with Gasteiger partial charge >= 0.3 is 0 Å². The van der Waals surface area contributed by atoms with Gasteiger partial charge in [-0.1, -0.05) is 6.92 Å². The van der Waals surface area contributed by atoms with Gasteiger partial charge in [-0.25, -0.2) is 4.98 Å². The molecule has 0 unspecified atom stereocenters. The summed E-state index contributed by atoms with van der Waals surface area (Å²) in [5.74, 6) is 1.80. The largest absolute Gasteiger partial charge is 0.346 e. The first-order chi connectivity index (χ1) is 6.79. The van der Waals surface area contributed by atoms with Crippen molar-refractivity contribution in [2.24, 2.45) is 5.73 Å². The summed E-state index contributed by atoms with van der Waals surface area (Å²) in [6, 6.07) is 0.423. The highest BCUT2D eigenvalue weighted by Crippen LogP contribution is 2.30. The van der Waals surface area contributed by atoms with E-state index in [9.17, 15) is 0 Å². The maximum Gasteiger partial charge on any atom is 0.109 e. The van der Waals surface area contributed by atoms with Crippen molar-refractivity contribution >= 4 is 0 Å². The molecule has 1 aromatic rings. The van der Waals surface area contributed by atoms with Crippen LogP contribution in [0.15, 0.2) is 6.20 Å². The zero-order valence-corrected chi connectivity index (χ0v) is 8.79. The van der Waals surface area contributed by atoms with Gasteiger partial charge in [0.1, 0.15) is 5.82 Å². The predicted octanol–water partition coefficient (Wildman–Crippen LogP) is 1.96. The van der Waals surface area contributed by atoms with Gasteiger partial charge in [-0.15, -0.1) is 0 Å². The fourth-order valence-corrected chi connectivity index (χ4v) is 2.16. The third-order valence-electron chi connectivity index (χ3n) is 3.19. The molecule has 3 nitrogen and oxygen atoms in total. The third-order valence-corrected chi connectivity index (χ3v) is 3.19. The van der Waals surface area contributed by atoms with Crippen molar-refractivity contribution in [3.63, 3.8) is 0 Å². The van der Waals surface area contributed by atoms with Crippen LogP contribution in [-0.4, -0.2) is 16.0 Å². The molecule has 1 fully saturated rings. The van der Waals surface area contributed by atoms with Gasteiger partial charge in [0.05, 0.1) is 0 Å². The smallest absolute Gasteiger partial charge is 0.109 e. The summed E-state index contributed by atoms with van der Waals surface area (Å²) in [6.45, 7) is 2.15. The minimum absolute atomic E-state index is 0.423. The molecule has 1 aromatic heterocycles. The average molecular weight is 193 g/mol. The molecule has 2 rings (SSSR count). The van der Waals surface area contributed by atoms with Crippen LogP contribution in [0.5, 0.6) is 0 Å². The Hall–Kier alpha value is -0.830. The second-order valence-electron chi connectivity index (χ2n) is 4.26. The van der Waals surface area contributed by atoms with E-state index in [1.165, 1.54) is 24.4 Å². The SMILES string of the molecule is CCc1cnc(C2CCC(N)CC2)[nH]1. The summed E-state index contributed by atoms with van der Waals surface area (Å²) >= 11 is 0. The van der Waals surface area contributed by atoms with Crippen LogP contribution in [0.4, 0.5) is 0 Å². The summed E-state index contributed by atoms with van der Waals surface area (Å²) in [4.78, 5) is 7.83. The zero-order chi connectivity index (χ0) is 9.97. The second-order valence-corrected chi connectivity index (χ2v) is 4.26.